The van der Waals surface area contributed by atoms with Gasteiger partial charge in [-0.1, -0.05) is 11.6 Å². The standard InChI is InChI=1S/C22H26ClNO4/c1-13-8-16(9-14(2)21(13)23)27-12-20(25)24-18-11-22(3,4)28-19-7-6-15(26-5)10-17(18)19/h6-10,18H,11-12H2,1-5H3,(H,24,25). The molecule has 1 amide bonds. The van der Waals surface area contributed by atoms with Crippen molar-refractivity contribution in [2.24, 2.45) is 0 Å². The first kappa shape index (κ1) is 20.3. The van der Waals surface area contributed by atoms with Gasteiger partial charge in [0.05, 0.1) is 13.2 Å². The van der Waals surface area contributed by atoms with Crippen molar-refractivity contribution in [3.05, 3.63) is 52.0 Å². The van der Waals surface area contributed by atoms with Crippen molar-refractivity contribution in [1.29, 1.82) is 0 Å². The highest BCUT2D eigenvalue weighted by molar-refractivity contribution is 6.32. The minimum Gasteiger partial charge on any atom is -0.497 e. The fourth-order valence-corrected chi connectivity index (χ4v) is 3.57. The molecule has 0 saturated carbocycles. The lowest BCUT2D eigenvalue weighted by molar-refractivity contribution is -0.124. The smallest absolute Gasteiger partial charge is 0.258 e. The number of aryl methyl sites for hydroxylation is 2. The van der Waals surface area contributed by atoms with Crippen LogP contribution in [-0.4, -0.2) is 25.2 Å². The second-order valence-corrected chi connectivity index (χ2v) is 8.13. The Kier molecular flexibility index (Phi) is 5.75. The molecule has 0 aromatic heterocycles. The van der Waals surface area contributed by atoms with E-state index in [1.54, 1.807) is 7.11 Å². The maximum atomic E-state index is 12.6. The first-order valence-corrected chi connectivity index (χ1v) is 9.62. The Morgan fingerprint density at radius 1 is 1.21 bits per heavy atom. The van der Waals surface area contributed by atoms with Gasteiger partial charge in [-0.25, -0.2) is 0 Å². The maximum absolute atomic E-state index is 12.6. The van der Waals surface area contributed by atoms with Gasteiger partial charge in [0.1, 0.15) is 22.8 Å². The summed E-state index contributed by atoms with van der Waals surface area (Å²) in [5, 5.41) is 3.78. The Balaban J connectivity index is 1.71. The Morgan fingerprint density at radius 2 is 1.89 bits per heavy atom. The summed E-state index contributed by atoms with van der Waals surface area (Å²) >= 11 is 6.18. The summed E-state index contributed by atoms with van der Waals surface area (Å²) in [5.74, 6) is 1.92. The van der Waals surface area contributed by atoms with Gasteiger partial charge in [0.15, 0.2) is 6.61 Å². The van der Waals surface area contributed by atoms with Gasteiger partial charge in [0.2, 0.25) is 0 Å². The average molecular weight is 404 g/mol. The monoisotopic (exact) mass is 403 g/mol. The lowest BCUT2D eigenvalue weighted by Crippen LogP contribution is -2.42. The summed E-state index contributed by atoms with van der Waals surface area (Å²) < 4.78 is 17.1. The third-order valence-corrected chi connectivity index (χ3v) is 5.39. The van der Waals surface area contributed by atoms with E-state index in [1.807, 2.05) is 58.0 Å². The van der Waals surface area contributed by atoms with E-state index in [1.165, 1.54) is 0 Å². The predicted octanol–water partition coefficient (Wildman–Crippen LogP) is 4.76. The van der Waals surface area contributed by atoms with E-state index in [2.05, 4.69) is 5.32 Å². The number of amides is 1. The van der Waals surface area contributed by atoms with Gasteiger partial charge in [-0.2, -0.15) is 0 Å². The van der Waals surface area contributed by atoms with E-state index >= 15 is 0 Å². The lowest BCUT2D eigenvalue weighted by atomic mass is 9.89. The van der Waals surface area contributed by atoms with Crippen molar-refractivity contribution in [3.63, 3.8) is 0 Å². The van der Waals surface area contributed by atoms with E-state index < -0.39 is 0 Å². The highest BCUT2D eigenvalue weighted by Crippen LogP contribution is 2.41. The Morgan fingerprint density at radius 3 is 2.54 bits per heavy atom. The SMILES string of the molecule is COc1ccc2c(c1)C(NC(=O)COc1cc(C)c(Cl)c(C)c1)CC(C)(C)O2. The van der Waals surface area contributed by atoms with Crippen LogP contribution in [0.4, 0.5) is 0 Å². The summed E-state index contributed by atoms with van der Waals surface area (Å²) in [4.78, 5) is 12.6. The highest BCUT2D eigenvalue weighted by Gasteiger charge is 2.34. The van der Waals surface area contributed by atoms with Crippen LogP contribution < -0.4 is 19.5 Å². The molecule has 0 spiro atoms. The number of ether oxygens (including phenoxy) is 3. The molecular weight excluding hydrogens is 378 g/mol. The van der Waals surface area contributed by atoms with Crippen molar-refractivity contribution >= 4 is 17.5 Å². The van der Waals surface area contributed by atoms with Gasteiger partial charge in [-0.3, -0.25) is 4.79 Å². The number of hydrogen-bond donors (Lipinski definition) is 1. The lowest BCUT2D eigenvalue weighted by Gasteiger charge is -2.38. The van der Waals surface area contributed by atoms with Crippen LogP contribution in [-0.2, 0) is 4.79 Å². The topological polar surface area (TPSA) is 56.8 Å². The molecule has 3 rings (SSSR count). The molecule has 1 unspecified atom stereocenters. The number of carbonyl (C=O) groups excluding carboxylic acids is 1. The predicted molar refractivity (Wildman–Crippen MR) is 110 cm³/mol. The van der Waals surface area contributed by atoms with E-state index in [0.717, 1.165) is 28.2 Å². The molecule has 2 aromatic rings. The number of rotatable bonds is 5. The number of fused-ring (bicyclic) bond motifs is 1. The van der Waals surface area contributed by atoms with Crippen LogP contribution in [0.25, 0.3) is 0 Å². The van der Waals surface area contributed by atoms with Crippen molar-refractivity contribution in [1.82, 2.24) is 5.32 Å². The molecule has 1 heterocycles. The Labute approximate surface area is 170 Å². The molecule has 6 heteroatoms. The minimum absolute atomic E-state index is 0.0718. The van der Waals surface area contributed by atoms with Crippen molar-refractivity contribution in [3.8, 4) is 17.2 Å². The third kappa shape index (κ3) is 4.53. The molecule has 5 nitrogen and oxygen atoms in total. The van der Waals surface area contributed by atoms with Crippen molar-refractivity contribution in [2.75, 3.05) is 13.7 Å². The first-order valence-electron chi connectivity index (χ1n) is 9.24. The van der Waals surface area contributed by atoms with Crippen LogP contribution in [0, 0.1) is 13.8 Å². The van der Waals surface area contributed by atoms with Crippen LogP contribution in [0.1, 0.15) is 43.0 Å². The van der Waals surface area contributed by atoms with Gasteiger partial charge in [0.25, 0.3) is 5.91 Å². The molecule has 1 aliphatic heterocycles. The summed E-state index contributed by atoms with van der Waals surface area (Å²) in [6, 6.07) is 9.12. The van der Waals surface area contributed by atoms with E-state index in [4.69, 9.17) is 25.8 Å². The second kappa shape index (κ2) is 7.92. The minimum atomic E-state index is -0.384. The number of benzene rings is 2. The van der Waals surface area contributed by atoms with E-state index in [0.29, 0.717) is 17.2 Å². The average Bonchev–Trinajstić information content (AvgIpc) is 2.63. The zero-order valence-electron chi connectivity index (χ0n) is 16.9. The number of methoxy groups -OCH3 is 1. The van der Waals surface area contributed by atoms with Crippen molar-refractivity contribution in [2.45, 2.75) is 45.8 Å². The molecule has 1 N–H and O–H groups in total. The summed E-state index contributed by atoms with van der Waals surface area (Å²) in [7, 11) is 1.62. The fraction of sp³-hybridized carbons (Fsp3) is 0.409. The van der Waals surface area contributed by atoms with E-state index in [9.17, 15) is 4.79 Å². The Hall–Kier alpha value is -2.40. The molecular formula is C22H26ClNO4. The molecule has 28 heavy (non-hydrogen) atoms. The van der Waals surface area contributed by atoms with Crippen LogP contribution >= 0.6 is 11.6 Å². The van der Waals surface area contributed by atoms with Gasteiger partial charge >= 0.3 is 0 Å². The molecule has 0 radical (unpaired) electrons. The number of halogens is 1. The quantitative estimate of drug-likeness (QED) is 0.781. The zero-order chi connectivity index (χ0) is 20.5. The first-order chi connectivity index (χ1) is 13.2. The summed E-state index contributed by atoms with van der Waals surface area (Å²) in [6.45, 7) is 7.77. The normalized spacial score (nSPS) is 17.3. The van der Waals surface area contributed by atoms with Gasteiger partial charge < -0.3 is 19.5 Å². The molecule has 1 aliphatic rings. The maximum Gasteiger partial charge on any atom is 0.258 e. The summed E-state index contributed by atoms with van der Waals surface area (Å²) in [6.07, 6.45) is 0.651. The molecule has 0 aliphatic carbocycles. The van der Waals surface area contributed by atoms with Crippen molar-refractivity contribution < 1.29 is 19.0 Å². The Bertz CT molecular complexity index is 871. The number of hydrogen-bond acceptors (Lipinski definition) is 4. The van der Waals surface area contributed by atoms with Crippen LogP contribution in [0.15, 0.2) is 30.3 Å². The molecule has 1 atom stereocenters. The highest BCUT2D eigenvalue weighted by atomic mass is 35.5. The number of carbonyl (C=O) groups is 1. The van der Waals surface area contributed by atoms with Crippen LogP contribution in [0.5, 0.6) is 17.2 Å². The van der Waals surface area contributed by atoms with Gasteiger partial charge in [0, 0.05) is 17.0 Å². The number of nitrogens with one attached hydrogen (secondary N) is 1. The fourth-order valence-electron chi connectivity index (χ4n) is 3.46. The molecule has 0 bridgehead atoms. The molecule has 2 aromatic carbocycles. The van der Waals surface area contributed by atoms with E-state index in [-0.39, 0.29) is 24.2 Å². The van der Waals surface area contributed by atoms with Crippen LogP contribution in [0.3, 0.4) is 0 Å². The third-order valence-electron chi connectivity index (χ3n) is 4.79. The summed E-state index contributed by atoms with van der Waals surface area (Å²) in [5.41, 5.74) is 2.36. The largest absolute Gasteiger partial charge is 0.497 e. The van der Waals surface area contributed by atoms with Gasteiger partial charge in [-0.05, 0) is 69.2 Å². The molecule has 0 saturated heterocycles. The molecule has 0 fully saturated rings. The zero-order valence-corrected chi connectivity index (χ0v) is 17.6. The van der Waals surface area contributed by atoms with Crippen LogP contribution in [0.2, 0.25) is 5.02 Å². The molecule has 150 valence electrons. The van der Waals surface area contributed by atoms with Gasteiger partial charge in [-0.15, -0.1) is 0 Å². The second-order valence-electron chi connectivity index (χ2n) is 7.75.